The lowest BCUT2D eigenvalue weighted by molar-refractivity contribution is -0.119. The van der Waals surface area contributed by atoms with E-state index in [2.05, 4.69) is 19.2 Å². The molecule has 0 aliphatic carbocycles. The van der Waals surface area contributed by atoms with Crippen LogP contribution in [0.3, 0.4) is 0 Å². The SMILES string of the molecule is CC[C@H](C)c1ccccc1NC(=O)COC(=O)c1ccccc1[S@@](C)=O. The summed E-state index contributed by atoms with van der Waals surface area (Å²) >= 11 is 0. The minimum Gasteiger partial charge on any atom is -0.452 e. The molecule has 0 unspecified atom stereocenters. The Kier molecular flexibility index (Phi) is 7.09. The van der Waals surface area contributed by atoms with Gasteiger partial charge >= 0.3 is 5.97 Å². The second-order valence-corrected chi connectivity index (χ2v) is 7.32. The van der Waals surface area contributed by atoms with Crippen LogP contribution in [0.4, 0.5) is 5.69 Å². The number of hydrogen-bond donors (Lipinski definition) is 1. The molecule has 0 aliphatic heterocycles. The van der Waals surface area contributed by atoms with Crippen LogP contribution in [0.5, 0.6) is 0 Å². The summed E-state index contributed by atoms with van der Waals surface area (Å²) in [5.41, 5.74) is 1.97. The molecule has 138 valence electrons. The summed E-state index contributed by atoms with van der Waals surface area (Å²) < 4.78 is 16.8. The van der Waals surface area contributed by atoms with Crippen molar-refractivity contribution in [2.75, 3.05) is 18.2 Å². The Hall–Kier alpha value is -2.47. The Bertz CT molecular complexity index is 819. The zero-order valence-electron chi connectivity index (χ0n) is 15.2. The maximum absolute atomic E-state index is 12.2. The van der Waals surface area contributed by atoms with Crippen LogP contribution in [0.1, 0.15) is 42.1 Å². The third kappa shape index (κ3) is 5.02. The van der Waals surface area contributed by atoms with Gasteiger partial charge in [0, 0.05) is 11.9 Å². The molecule has 0 spiro atoms. The van der Waals surface area contributed by atoms with Crippen molar-refractivity contribution in [2.24, 2.45) is 0 Å². The lowest BCUT2D eigenvalue weighted by Gasteiger charge is -2.15. The molecule has 2 rings (SSSR count). The molecule has 2 atom stereocenters. The summed E-state index contributed by atoms with van der Waals surface area (Å²) in [5, 5.41) is 2.79. The molecule has 2 aromatic carbocycles. The maximum atomic E-state index is 12.2. The number of amides is 1. The topological polar surface area (TPSA) is 72.5 Å². The van der Waals surface area contributed by atoms with Crippen molar-refractivity contribution in [1.29, 1.82) is 0 Å². The highest BCUT2D eigenvalue weighted by Crippen LogP contribution is 2.26. The van der Waals surface area contributed by atoms with E-state index in [0.29, 0.717) is 10.8 Å². The summed E-state index contributed by atoms with van der Waals surface area (Å²) in [5.74, 6) is -0.772. The van der Waals surface area contributed by atoms with Gasteiger partial charge in [-0.05, 0) is 36.1 Å². The van der Waals surface area contributed by atoms with Crippen LogP contribution >= 0.6 is 0 Å². The van der Waals surface area contributed by atoms with Crippen LogP contribution in [0.2, 0.25) is 0 Å². The van der Waals surface area contributed by atoms with Gasteiger partial charge in [-0.15, -0.1) is 0 Å². The number of anilines is 1. The first kappa shape index (κ1) is 19.8. The molecule has 0 aromatic heterocycles. The lowest BCUT2D eigenvalue weighted by atomic mass is 9.97. The average Bonchev–Trinajstić information content (AvgIpc) is 2.65. The lowest BCUT2D eigenvalue weighted by Crippen LogP contribution is -2.22. The number of carbonyl (C=O) groups excluding carboxylic acids is 2. The molecule has 26 heavy (non-hydrogen) atoms. The smallest absolute Gasteiger partial charge is 0.339 e. The fraction of sp³-hybridized carbons (Fsp3) is 0.300. The van der Waals surface area contributed by atoms with Gasteiger partial charge in [-0.3, -0.25) is 9.00 Å². The van der Waals surface area contributed by atoms with Crippen LogP contribution in [0.25, 0.3) is 0 Å². The van der Waals surface area contributed by atoms with Gasteiger partial charge in [0.05, 0.1) is 21.3 Å². The average molecular weight is 373 g/mol. The summed E-state index contributed by atoms with van der Waals surface area (Å²) in [4.78, 5) is 24.8. The second-order valence-electron chi connectivity index (χ2n) is 5.97. The molecule has 0 aliphatic rings. The molecular formula is C20H23NO4S. The van der Waals surface area contributed by atoms with Gasteiger partial charge in [-0.1, -0.05) is 44.2 Å². The van der Waals surface area contributed by atoms with Crippen molar-refractivity contribution >= 4 is 28.4 Å². The summed E-state index contributed by atoms with van der Waals surface area (Å²) in [6, 6.07) is 14.1. The Morgan fingerprint density at radius 2 is 1.77 bits per heavy atom. The predicted molar refractivity (Wildman–Crippen MR) is 103 cm³/mol. The molecule has 0 fully saturated rings. The Balaban J connectivity index is 2.02. The first-order valence-electron chi connectivity index (χ1n) is 8.42. The van der Waals surface area contributed by atoms with Gasteiger partial charge in [0.1, 0.15) is 0 Å². The first-order valence-corrected chi connectivity index (χ1v) is 9.98. The van der Waals surface area contributed by atoms with E-state index in [-0.39, 0.29) is 5.56 Å². The molecule has 1 N–H and O–H groups in total. The van der Waals surface area contributed by atoms with Crippen molar-refractivity contribution < 1.29 is 18.5 Å². The third-order valence-electron chi connectivity index (χ3n) is 4.13. The highest BCUT2D eigenvalue weighted by molar-refractivity contribution is 7.84. The highest BCUT2D eigenvalue weighted by Gasteiger charge is 2.17. The zero-order valence-corrected chi connectivity index (χ0v) is 16.0. The fourth-order valence-corrected chi connectivity index (χ4v) is 3.27. The number of nitrogens with one attached hydrogen (secondary N) is 1. The van der Waals surface area contributed by atoms with Crippen molar-refractivity contribution in [3.8, 4) is 0 Å². The van der Waals surface area contributed by atoms with Gasteiger partial charge in [0.2, 0.25) is 0 Å². The molecule has 0 saturated carbocycles. The number of hydrogen-bond acceptors (Lipinski definition) is 4. The van der Waals surface area contributed by atoms with Gasteiger partial charge in [-0.25, -0.2) is 4.79 Å². The molecule has 0 radical (unpaired) electrons. The Labute approximate surface area is 156 Å². The van der Waals surface area contributed by atoms with Crippen LogP contribution in [-0.2, 0) is 20.3 Å². The van der Waals surface area contributed by atoms with E-state index in [4.69, 9.17) is 4.74 Å². The molecule has 0 bridgehead atoms. The van der Waals surface area contributed by atoms with Gasteiger partial charge in [0.25, 0.3) is 5.91 Å². The van der Waals surface area contributed by atoms with Crippen LogP contribution in [0.15, 0.2) is 53.4 Å². The largest absolute Gasteiger partial charge is 0.452 e. The summed E-state index contributed by atoms with van der Waals surface area (Å²) in [6.45, 7) is 3.77. The normalized spacial score (nSPS) is 12.9. The Morgan fingerprint density at radius 1 is 1.12 bits per heavy atom. The molecule has 2 aromatic rings. The van der Waals surface area contributed by atoms with Gasteiger partial charge in [-0.2, -0.15) is 0 Å². The maximum Gasteiger partial charge on any atom is 0.339 e. The van der Waals surface area contributed by atoms with Crippen LogP contribution in [-0.4, -0.2) is 28.9 Å². The van der Waals surface area contributed by atoms with Gasteiger partial charge in [0.15, 0.2) is 6.61 Å². The Morgan fingerprint density at radius 3 is 2.46 bits per heavy atom. The molecule has 0 heterocycles. The highest BCUT2D eigenvalue weighted by atomic mass is 32.2. The van der Waals surface area contributed by atoms with Crippen molar-refractivity contribution in [2.45, 2.75) is 31.1 Å². The third-order valence-corrected chi connectivity index (χ3v) is 5.10. The molecule has 6 heteroatoms. The van der Waals surface area contributed by atoms with Crippen LogP contribution < -0.4 is 5.32 Å². The minimum atomic E-state index is -1.32. The summed E-state index contributed by atoms with van der Waals surface area (Å²) in [7, 11) is -1.32. The van der Waals surface area contributed by atoms with E-state index in [1.807, 2.05) is 24.3 Å². The molecule has 0 saturated heterocycles. The van der Waals surface area contributed by atoms with E-state index in [0.717, 1.165) is 17.7 Å². The number of esters is 1. The second kappa shape index (κ2) is 9.29. The number of carbonyl (C=O) groups is 2. The van der Waals surface area contributed by atoms with Gasteiger partial charge < -0.3 is 10.1 Å². The van der Waals surface area contributed by atoms with Crippen molar-refractivity contribution in [3.63, 3.8) is 0 Å². The zero-order chi connectivity index (χ0) is 19.1. The van der Waals surface area contributed by atoms with Crippen LogP contribution in [0, 0.1) is 0 Å². The van der Waals surface area contributed by atoms with E-state index >= 15 is 0 Å². The first-order chi connectivity index (χ1) is 12.4. The van der Waals surface area contributed by atoms with E-state index < -0.39 is 29.3 Å². The monoisotopic (exact) mass is 373 g/mol. The van der Waals surface area contributed by atoms with E-state index in [9.17, 15) is 13.8 Å². The number of benzene rings is 2. The quantitative estimate of drug-likeness (QED) is 0.751. The van der Waals surface area contributed by atoms with Crippen molar-refractivity contribution in [3.05, 3.63) is 59.7 Å². The molecule has 5 nitrogen and oxygen atoms in total. The fourth-order valence-electron chi connectivity index (χ4n) is 2.54. The van der Waals surface area contributed by atoms with E-state index in [1.54, 1.807) is 18.2 Å². The minimum absolute atomic E-state index is 0.209. The van der Waals surface area contributed by atoms with E-state index in [1.165, 1.54) is 12.3 Å². The number of ether oxygens (including phenoxy) is 1. The standard InChI is InChI=1S/C20H23NO4S/c1-4-14(2)15-9-5-7-11-17(15)21-19(22)13-25-20(23)16-10-6-8-12-18(16)26(3)24/h5-12,14H,4,13H2,1-3H3,(H,21,22)/t14-,26+/m0/s1. The number of para-hydroxylation sites is 1. The summed E-state index contributed by atoms with van der Waals surface area (Å²) in [6.07, 6.45) is 2.44. The number of rotatable bonds is 7. The predicted octanol–water partition coefficient (Wildman–Crippen LogP) is 3.73. The molecular weight excluding hydrogens is 350 g/mol. The van der Waals surface area contributed by atoms with Crippen molar-refractivity contribution in [1.82, 2.24) is 0 Å². The molecule has 1 amide bonds.